The molecule has 1 aliphatic carbocycles. The normalized spacial score (nSPS) is 13.3. The summed E-state index contributed by atoms with van der Waals surface area (Å²) in [5.41, 5.74) is 13.0. The van der Waals surface area contributed by atoms with Crippen LogP contribution in [-0.4, -0.2) is 0 Å². The van der Waals surface area contributed by atoms with Crippen LogP contribution < -0.4 is 0 Å². The fourth-order valence-electron chi connectivity index (χ4n) is 10.1. The summed E-state index contributed by atoms with van der Waals surface area (Å²) in [6.45, 7) is 4.85. The average molecular weight is 729 g/mol. The first kappa shape index (κ1) is 31.8. The lowest BCUT2D eigenvalue weighted by Gasteiger charge is -2.24. The number of hydrogen-bond acceptors (Lipinski definition) is 1. The van der Waals surface area contributed by atoms with Gasteiger partial charge in [0, 0.05) is 31.0 Å². The van der Waals surface area contributed by atoms with Crippen LogP contribution in [0.5, 0.6) is 0 Å². The third kappa shape index (κ3) is 4.41. The quantitative estimate of drug-likeness (QED) is 0.159. The summed E-state index contributed by atoms with van der Waals surface area (Å²) < 4.78 is 2.75. The zero-order valence-electron chi connectivity index (χ0n) is 31.2. The van der Waals surface area contributed by atoms with Gasteiger partial charge in [0.15, 0.2) is 0 Å². The summed E-state index contributed by atoms with van der Waals surface area (Å²) >= 11 is 1.94. The molecule has 0 N–H and O–H groups in total. The van der Waals surface area contributed by atoms with Crippen molar-refractivity contribution < 1.29 is 0 Å². The highest BCUT2D eigenvalue weighted by Crippen LogP contribution is 2.55. The third-order valence-corrected chi connectivity index (χ3v) is 13.8. The minimum Gasteiger partial charge on any atom is -0.135 e. The number of rotatable bonds is 3. The number of benzene rings is 10. The zero-order valence-corrected chi connectivity index (χ0v) is 32.0. The molecule has 1 aromatic heterocycles. The van der Waals surface area contributed by atoms with Gasteiger partial charge in [-0.25, -0.2) is 0 Å². The molecule has 1 aliphatic rings. The van der Waals surface area contributed by atoms with Crippen molar-refractivity contribution in [3.8, 4) is 44.5 Å². The Morgan fingerprint density at radius 1 is 0.375 bits per heavy atom. The molecule has 1 heteroatoms. The Balaban J connectivity index is 1.09. The van der Waals surface area contributed by atoms with Crippen molar-refractivity contribution in [2.45, 2.75) is 19.3 Å². The first-order valence-electron chi connectivity index (χ1n) is 19.6. The topological polar surface area (TPSA) is 0 Å². The lowest BCUT2D eigenvalue weighted by Crippen LogP contribution is -2.15. The van der Waals surface area contributed by atoms with Crippen LogP contribution in [0.15, 0.2) is 182 Å². The van der Waals surface area contributed by atoms with E-state index in [4.69, 9.17) is 0 Å². The highest BCUT2D eigenvalue weighted by Gasteiger charge is 2.38. The fourth-order valence-corrected chi connectivity index (χ4v) is 11.4. The number of hydrogen-bond donors (Lipinski definition) is 0. The van der Waals surface area contributed by atoms with Crippen LogP contribution in [0, 0.1) is 0 Å². The van der Waals surface area contributed by atoms with Crippen LogP contribution in [0.25, 0.3) is 108 Å². The molecule has 0 saturated carbocycles. The first-order valence-corrected chi connectivity index (χ1v) is 20.4. The third-order valence-electron chi connectivity index (χ3n) is 12.6. The second kappa shape index (κ2) is 11.7. The summed E-state index contributed by atoms with van der Waals surface area (Å²) in [7, 11) is 0. The van der Waals surface area contributed by atoms with Crippen LogP contribution in [0.3, 0.4) is 0 Å². The SMILES string of the molecule is CC1(C)c2ccc(-c3c4ccccc4c(-c4cccc(-c5cccc6ccccc56)c4)c4ccccc34)cc2-c2ccc3ccc4c5ccccc5sc4c3c21. The molecule has 0 aliphatic heterocycles. The smallest absolute Gasteiger partial charge is 0.0437 e. The van der Waals surface area contributed by atoms with Gasteiger partial charge in [0.05, 0.1) is 0 Å². The molecule has 12 rings (SSSR count). The monoisotopic (exact) mass is 728 g/mol. The van der Waals surface area contributed by atoms with E-state index in [-0.39, 0.29) is 5.41 Å². The van der Waals surface area contributed by atoms with Crippen molar-refractivity contribution in [3.05, 3.63) is 193 Å². The lowest BCUT2D eigenvalue weighted by molar-refractivity contribution is 0.667. The molecular formula is C55H36S. The predicted molar refractivity (Wildman–Crippen MR) is 243 cm³/mol. The van der Waals surface area contributed by atoms with Crippen LogP contribution in [0.2, 0.25) is 0 Å². The Kier molecular flexibility index (Phi) is 6.66. The van der Waals surface area contributed by atoms with Gasteiger partial charge in [-0.2, -0.15) is 0 Å². The molecule has 0 bridgehead atoms. The minimum absolute atomic E-state index is 0.143. The molecule has 0 unspecified atom stereocenters. The molecular weight excluding hydrogens is 693 g/mol. The van der Waals surface area contributed by atoms with Gasteiger partial charge in [-0.05, 0) is 112 Å². The Morgan fingerprint density at radius 2 is 0.964 bits per heavy atom. The van der Waals surface area contributed by atoms with E-state index in [2.05, 4.69) is 196 Å². The summed E-state index contributed by atoms with van der Waals surface area (Å²) in [6, 6.07) is 68.1. The molecule has 0 spiro atoms. The van der Waals surface area contributed by atoms with E-state index in [9.17, 15) is 0 Å². The Morgan fingerprint density at radius 3 is 1.71 bits per heavy atom. The first-order chi connectivity index (χ1) is 27.5. The van der Waals surface area contributed by atoms with Crippen LogP contribution in [-0.2, 0) is 5.41 Å². The standard InChI is InChI=1S/C55H36S/c1-55(2)48-30-27-37(32-47(48)45-28-25-34-26-29-46-40-18-9-10-24-49(40)56-54(46)52(34)53(45)55)51-43-21-7-5-19-41(43)50(42-20-6-8-22-44(42)51)36-16-11-15-35(31-36)39-23-12-14-33-13-3-4-17-38(33)39/h3-32H,1-2H3. The summed E-state index contributed by atoms with van der Waals surface area (Å²) in [6.07, 6.45) is 0. The molecule has 0 amide bonds. The molecule has 0 nitrogen and oxygen atoms in total. The zero-order chi connectivity index (χ0) is 37.1. The van der Waals surface area contributed by atoms with Gasteiger partial charge >= 0.3 is 0 Å². The molecule has 0 saturated heterocycles. The van der Waals surface area contributed by atoms with Crippen molar-refractivity contribution in [1.29, 1.82) is 0 Å². The highest BCUT2D eigenvalue weighted by molar-refractivity contribution is 7.26. The van der Waals surface area contributed by atoms with Gasteiger partial charge in [-0.1, -0.05) is 178 Å². The highest BCUT2D eigenvalue weighted by atomic mass is 32.1. The van der Waals surface area contributed by atoms with Crippen molar-refractivity contribution in [3.63, 3.8) is 0 Å². The molecule has 10 aromatic carbocycles. The lowest BCUT2D eigenvalue weighted by atomic mass is 9.79. The predicted octanol–water partition coefficient (Wildman–Crippen LogP) is 16.0. The van der Waals surface area contributed by atoms with Crippen molar-refractivity contribution in [2.24, 2.45) is 0 Å². The Bertz CT molecular complexity index is 3390. The van der Waals surface area contributed by atoms with E-state index in [0.29, 0.717) is 0 Å². The molecule has 0 atom stereocenters. The average Bonchev–Trinajstić information content (AvgIpc) is 3.74. The van der Waals surface area contributed by atoms with Gasteiger partial charge in [0.25, 0.3) is 0 Å². The maximum absolute atomic E-state index is 2.49. The maximum atomic E-state index is 2.49. The van der Waals surface area contributed by atoms with E-state index >= 15 is 0 Å². The van der Waals surface area contributed by atoms with E-state index in [0.717, 1.165) is 0 Å². The molecule has 11 aromatic rings. The van der Waals surface area contributed by atoms with Crippen LogP contribution in [0.4, 0.5) is 0 Å². The Labute approximate surface area is 329 Å². The number of fused-ring (bicyclic) bond motifs is 12. The fraction of sp³-hybridized carbons (Fsp3) is 0.0545. The second-order valence-corrected chi connectivity index (χ2v) is 17.0. The maximum Gasteiger partial charge on any atom is 0.0437 e. The van der Waals surface area contributed by atoms with Crippen LogP contribution in [0.1, 0.15) is 25.0 Å². The van der Waals surface area contributed by atoms with Crippen molar-refractivity contribution >= 4 is 74.6 Å². The largest absolute Gasteiger partial charge is 0.135 e. The van der Waals surface area contributed by atoms with Crippen molar-refractivity contribution in [1.82, 2.24) is 0 Å². The van der Waals surface area contributed by atoms with Gasteiger partial charge in [-0.15, -0.1) is 11.3 Å². The molecule has 262 valence electrons. The molecule has 0 fully saturated rings. The molecule has 56 heavy (non-hydrogen) atoms. The summed E-state index contributed by atoms with van der Waals surface area (Å²) in [4.78, 5) is 0. The molecule has 0 radical (unpaired) electrons. The van der Waals surface area contributed by atoms with Gasteiger partial charge in [0.1, 0.15) is 0 Å². The summed E-state index contributed by atoms with van der Waals surface area (Å²) in [5, 5.41) is 13.1. The van der Waals surface area contributed by atoms with Crippen molar-refractivity contribution in [2.75, 3.05) is 0 Å². The van der Waals surface area contributed by atoms with E-state index in [1.165, 1.54) is 119 Å². The molecule has 1 heterocycles. The van der Waals surface area contributed by atoms with E-state index < -0.39 is 0 Å². The van der Waals surface area contributed by atoms with Crippen LogP contribution >= 0.6 is 11.3 Å². The van der Waals surface area contributed by atoms with Gasteiger partial charge in [-0.3, -0.25) is 0 Å². The van der Waals surface area contributed by atoms with Gasteiger partial charge in [0.2, 0.25) is 0 Å². The Hall–Kier alpha value is -6.54. The van der Waals surface area contributed by atoms with E-state index in [1.54, 1.807) is 0 Å². The minimum atomic E-state index is -0.143. The van der Waals surface area contributed by atoms with Gasteiger partial charge < -0.3 is 0 Å². The number of thiophene rings is 1. The summed E-state index contributed by atoms with van der Waals surface area (Å²) in [5.74, 6) is 0. The van der Waals surface area contributed by atoms with E-state index in [1.807, 2.05) is 11.3 Å². The second-order valence-electron chi connectivity index (χ2n) is 16.0.